The van der Waals surface area contributed by atoms with Crippen molar-refractivity contribution >= 4 is 29.3 Å². The van der Waals surface area contributed by atoms with Crippen molar-refractivity contribution in [1.29, 1.82) is 0 Å². The van der Waals surface area contributed by atoms with E-state index in [2.05, 4.69) is 10.4 Å². The highest BCUT2D eigenvalue weighted by Crippen LogP contribution is 2.37. The van der Waals surface area contributed by atoms with E-state index in [1.807, 2.05) is 0 Å². The van der Waals surface area contributed by atoms with Gasteiger partial charge in [0, 0.05) is 38.7 Å². The fourth-order valence-electron chi connectivity index (χ4n) is 2.93. The van der Waals surface area contributed by atoms with Gasteiger partial charge in [0.25, 0.3) is 0 Å². The average Bonchev–Trinajstić information content (AvgIpc) is 3.09. The number of aromatic nitrogens is 2. The predicted octanol–water partition coefficient (Wildman–Crippen LogP) is 0.192. The van der Waals surface area contributed by atoms with Crippen molar-refractivity contribution in [3.63, 3.8) is 0 Å². The van der Waals surface area contributed by atoms with Gasteiger partial charge in [-0.25, -0.2) is 0 Å². The van der Waals surface area contributed by atoms with Crippen LogP contribution in [0.2, 0.25) is 5.02 Å². The van der Waals surface area contributed by atoms with E-state index in [0.29, 0.717) is 37.5 Å². The first-order valence-corrected chi connectivity index (χ1v) is 7.16. The molecule has 2 aliphatic rings. The van der Waals surface area contributed by atoms with Crippen molar-refractivity contribution in [2.45, 2.75) is 25.8 Å². The maximum Gasteiger partial charge on any atom is 0.235 e. The van der Waals surface area contributed by atoms with Crippen molar-refractivity contribution in [2.75, 3.05) is 13.1 Å². The first kappa shape index (κ1) is 14.1. The quantitative estimate of drug-likeness (QED) is 0.808. The molecule has 0 aliphatic carbocycles. The molecule has 7 nitrogen and oxygen atoms in total. The molecule has 2 aliphatic heterocycles. The number of carbonyl (C=O) groups is 3. The number of hydrogen-bond acceptors (Lipinski definition) is 4. The number of nitrogens with zero attached hydrogens (tertiary/aromatic N) is 3. The van der Waals surface area contributed by atoms with Gasteiger partial charge in [-0.1, -0.05) is 11.6 Å². The molecule has 21 heavy (non-hydrogen) atoms. The molecule has 0 radical (unpaired) electrons. The van der Waals surface area contributed by atoms with Crippen LogP contribution in [0.25, 0.3) is 0 Å². The molecule has 3 amide bonds. The maximum absolute atomic E-state index is 12.2. The van der Waals surface area contributed by atoms with Gasteiger partial charge in [-0.05, 0) is 6.42 Å². The fourth-order valence-corrected chi connectivity index (χ4v) is 3.09. The van der Waals surface area contributed by atoms with Crippen LogP contribution in [0.5, 0.6) is 0 Å². The molecule has 0 saturated carbocycles. The van der Waals surface area contributed by atoms with E-state index in [4.69, 9.17) is 11.6 Å². The normalized spacial score (nSPS) is 24.9. The van der Waals surface area contributed by atoms with Crippen molar-refractivity contribution in [3.05, 3.63) is 17.4 Å². The standard InChI is InChI=1S/C13H15ClN4O3/c14-9-6-15-18(7-9)3-1-11(20)17-4-2-13(8-17)5-10(19)16-12(13)21/h6-7H,1-5,8H2,(H,16,19,21). The van der Waals surface area contributed by atoms with Gasteiger partial charge < -0.3 is 4.90 Å². The number of likely N-dealkylation sites (tertiary alicyclic amines) is 1. The van der Waals surface area contributed by atoms with E-state index in [1.54, 1.807) is 15.8 Å². The molecule has 3 rings (SSSR count). The van der Waals surface area contributed by atoms with Crippen molar-refractivity contribution < 1.29 is 14.4 Å². The number of imide groups is 1. The Morgan fingerprint density at radius 2 is 2.29 bits per heavy atom. The monoisotopic (exact) mass is 310 g/mol. The van der Waals surface area contributed by atoms with E-state index >= 15 is 0 Å². The molecule has 112 valence electrons. The molecular weight excluding hydrogens is 296 g/mol. The highest BCUT2D eigenvalue weighted by molar-refractivity contribution is 6.30. The zero-order valence-electron chi connectivity index (χ0n) is 11.3. The summed E-state index contributed by atoms with van der Waals surface area (Å²) in [5, 5.41) is 6.87. The van der Waals surface area contributed by atoms with Crippen LogP contribution in [-0.4, -0.2) is 45.5 Å². The molecule has 8 heteroatoms. The fraction of sp³-hybridized carbons (Fsp3) is 0.538. The molecule has 1 atom stereocenters. The van der Waals surface area contributed by atoms with Gasteiger partial charge in [-0.2, -0.15) is 5.10 Å². The van der Waals surface area contributed by atoms with E-state index in [-0.39, 0.29) is 24.1 Å². The van der Waals surface area contributed by atoms with Gasteiger partial charge in [0.1, 0.15) is 0 Å². The van der Waals surface area contributed by atoms with Crippen molar-refractivity contribution in [3.8, 4) is 0 Å². The Morgan fingerprint density at radius 3 is 2.90 bits per heavy atom. The highest BCUT2D eigenvalue weighted by Gasteiger charge is 2.51. The largest absolute Gasteiger partial charge is 0.342 e. The lowest BCUT2D eigenvalue weighted by Gasteiger charge is -2.20. The van der Waals surface area contributed by atoms with Gasteiger partial charge in [-0.3, -0.25) is 24.4 Å². The Hall–Kier alpha value is -1.89. The SMILES string of the molecule is O=C1CC2(CCN(C(=O)CCn3cc(Cl)cn3)C2)C(=O)N1. The van der Waals surface area contributed by atoms with Crippen LogP contribution in [0.15, 0.2) is 12.4 Å². The van der Waals surface area contributed by atoms with Crippen LogP contribution in [0.4, 0.5) is 0 Å². The molecule has 1 aromatic heterocycles. The Labute approximate surface area is 126 Å². The maximum atomic E-state index is 12.2. The summed E-state index contributed by atoms with van der Waals surface area (Å²) in [6.07, 6.45) is 4.20. The Kier molecular flexibility index (Phi) is 3.44. The number of halogens is 1. The summed E-state index contributed by atoms with van der Waals surface area (Å²) >= 11 is 5.76. The van der Waals surface area contributed by atoms with Gasteiger partial charge in [0.05, 0.1) is 16.6 Å². The number of rotatable bonds is 3. The average molecular weight is 311 g/mol. The summed E-state index contributed by atoms with van der Waals surface area (Å²) in [6.45, 7) is 1.28. The van der Waals surface area contributed by atoms with E-state index < -0.39 is 5.41 Å². The van der Waals surface area contributed by atoms with Crippen LogP contribution >= 0.6 is 11.6 Å². The molecule has 2 fully saturated rings. The number of nitrogens with one attached hydrogen (secondary N) is 1. The summed E-state index contributed by atoms with van der Waals surface area (Å²) in [4.78, 5) is 37.0. The second-order valence-electron chi connectivity index (χ2n) is 5.57. The zero-order chi connectivity index (χ0) is 15.0. The predicted molar refractivity (Wildman–Crippen MR) is 73.3 cm³/mol. The van der Waals surface area contributed by atoms with Gasteiger partial charge >= 0.3 is 0 Å². The Morgan fingerprint density at radius 1 is 1.48 bits per heavy atom. The lowest BCUT2D eigenvalue weighted by Crippen LogP contribution is -2.36. The van der Waals surface area contributed by atoms with Crippen LogP contribution in [0.3, 0.4) is 0 Å². The summed E-state index contributed by atoms with van der Waals surface area (Å²) in [5.41, 5.74) is -0.707. The van der Waals surface area contributed by atoms with Gasteiger partial charge in [0.2, 0.25) is 17.7 Å². The van der Waals surface area contributed by atoms with Crippen LogP contribution < -0.4 is 5.32 Å². The molecule has 1 spiro atoms. The Bertz CT molecular complexity index is 614. The summed E-state index contributed by atoms with van der Waals surface area (Å²) in [6, 6.07) is 0. The minimum atomic E-state index is -0.707. The van der Waals surface area contributed by atoms with Gasteiger partial charge in [-0.15, -0.1) is 0 Å². The van der Waals surface area contributed by atoms with Gasteiger partial charge in [0.15, 0.2) is 0 Å². The molecule has 3 heterocycles. The Balaban J connectivity index is 1.57. The molecule has 0 aromatic carbocycles. The van der Waals surface area contributed by atoms with Crippen molar-refractivity contribution in [2.24, 2.45) is 5.41 Å². The molecule has 2 saturated heterocycles. The minimum absolute atomic E-state index is 0.0364. The number of carbonyl (C=O) groups excluding carboxylic acids is 3. The second kappa shape index (κ2) is 5.14. The summed E-state index contributed by atoms with van der Waals surface area (Å²) in [7, 11) is 0. The zero-order valence-corrected chi connectivity index (χ0v) is 12.1. The van der Waals surface area contributed by atoms with E-state index in [1.165, 1.54) is 6.20 Å². The topological polar surface area (TPSA) is 84.3 Å². The lowest BCUT2D eigenvalue weighted by atomic mass is 9.85. The highest BCUT2D eigenvalue weighted by atomic mass is 35.5. The first-order chi connectivity index (χ1) is 9.98. The lowest BCUT2D eigenvalue weighted by molar-refractivity contribution is -0.132. The van der Waals surface area contributed by atoms with E-state index in [9.17, 15) is 14.4 Å². The molecular formula is C13H15ClN4O3. The third kappa shape index (κ3) is 2.65. The molecule has 1 unspecified atom stereocenters. The second-order valence-corrected chi connectivity index (χ2v) is 6.01. The molecule has 1 aromatic rings. The number of aryl methyl sites for hydroxylation is 1. The molecule has 0 bridgehead atoms. The minimum Gasteiger partial charge on any atom is -0.342 e. The molecule has 1 N–H and O–H groups in total. The number of hydrogen-bond donors (Lipinski definition) is 1. The van der Waals surface area contributed by atoms with Crippen LogP contribution in [0.1, 0.15) is 19.3 Å². The van der Waals surface area contributed by atoms with Crippen LogP contribution in [-0.2, 0) is 20.9 Å². The van der Waals surface area contributed by atoms with Crippen LogP contribution in [0, 0.1) is 5.41 Å². The van der Waals surface area contributed by atoms with E-state index in [0.717, 1.165) is 0 Å². The third-order valence-electron chi connectivity index (χ3n) is 4.10. The first-order valence-electron chi connectivity index (χ1n) is 6.79. The smallest absolute Gasteiger partial charge is 0.235 e. The summed E-state index contributed by atoms with van der Waals surface area (Å²) < 4.78 is 1.61. The van der Waals surface area contributed by atoms with Crippen molar-refractivity contribution in [1.82, 2.24) is 20.0 Å². The number of amides is 3. The third-order valence-corrected chi connectivity index (χ3v) is 4.29. The summed E-state index contributed by atoms with van der Waals surface area (Å²) in [5.74, 6) is -0.534.